The van der Waals surface area contributed by atoms with E-state index >= 15 is 0 Å². The molecule has 1 aromatic carbocycles. The van der Waals surface area contributed by atoms with E-state index in [2.05, 4.69) is 21.2 Å². The van der Waals surface area contributed by atoms with Crippen LogP contribution >= 0.6 is 15.9 Å². The first kappa shape index (κ1) is 11.2. The summed E-state index contributed by atoms with van der Waals surface area (Å²) in [6.07, 6.45) is 0. The Balaban J connectivity index is 2.50. The zero-order chi connectivity index (χ0) is 10.6. The highest BCUT2D eigenvalue weighted by molar-refractivity contribution is 9.10. The second-order valence-electron chi connectivity index (χ2n) is 3.50. The molecule has 0 aliphatic carbocycles. The summed E-state index contributed by atoms with van der Waals surface area (Å²) in [6, 6.07) is 7.92. The van der Waals surface area contributed by atoms with Gasteiger partial charge in [0.05, 0.1) is 0 Å². The maximum absolute atomic E-state index is 11.3. The molecule has 0 unspecified atom stereocenters. The predicted molar refractivity (Wildman–Crippen MR) is 60.8 cm³/mol. The number of hydrogen-bond acceptors (Lipinski definition) is 1. The molecule has 1 N–H and O–H groups in total. The summed E-state index contributed by atoms with van der Waals surface area (Å²) in [7, 11) is 0. The predicted octanol–water partition coefficient (Wildman–Crippen LogP) is 2.72. The lowest BCUT2D eigenvalue weighted by atomic mass is 10.2. The number of rotatable bonds is 3. The van der Waals surface area contributed by atoms with Gasteiger partial charge in [-0.25, -0.2) is 0 Å². The highest BCUT2D eigenvalue weighted by Gasteiger charge is 2.05. The summed E-state index contributed by atoms with van der Waals surface area (Å²) in [5.74, 6) is 0.132. The molecule has 14 heavy (non-hydrogen) atoms. The third kappa shape index (κ3) is 3.50. The minimum Gasteiger partial charge on any atom is -0.352 e. The molecule has 0 aliphatic rings. The van der Waals surface area contributed by atoms with E-state index in [1.165, 1.54) is 0 Å². The topological polar surface area (TPSA) is 29.1 Å². The van der Waals surface area contributed by atoms with Gasteiger partial charge in [-0.1, -0.05) is 41.9 Å². The van der Waals surface area contributed by atoms with Gasteiger partial charge in [0, 0.05) is 16.9 Å². The van der Waals surface area contributed by atoms with Crippen molar-refractivity contribution < 1.29 is 4.79 Å². The molecule has 0 aliphatic heterocycles. The summed E-state index contributed by atoms with van der Waals surface area (Å²) in [5.41, 5.74) is 1.10. The van der Waals surface area contributed by atoms with Crippen LogP contribution in [0.3, 0.4) is 0 Å². The summed E-state index contributed by atoms with van der Waals surface area (Å²) in [4.78, 5) is 11.3. The van der Waals surface area contributed by atoms with Crippen LogP contribution < -0.4 is 5.32 Å². The van der Waals surface area contributed by atoms with E-state index in [9.17, 15) is 4.79 Å². The van der Waals surface area contributed by atoms with Crippen molar-refractivity contribution in [2.45, 2.75) is 20.4 Å². The molecule has 0 radical (unpaired) electrons. The monoisotopic (exact) mass is 255 g/mol. The molecular formula is C11H14BrNO. The zero-order valence-electron chi connectivity index (χ0n) is 8.38. The van der Waals surface area contributed by atoms with Gasteiger partial charge < -0.3 is 5.32 Å². The van der Waals surface area contributed by atoms with E-state index in [-0.39, 0.29) is 11.8 Å². The molecule has 0 fully saturated rings. The standard InChI is InChI=1S/C11H14BrNO/c1-8(2)11(14)13-7-9-4-3-5-10(12)6-9/h3-6,8H,7H2,1-2H3,(H,13,14). The van der Waals surface area contributed by atoms with Crippen molar-refractivity contribution in [2.75, 3.05) is 0 Å². The summed E-state index contributed by atoms with van der Waals surface area (Å²) in [5, 5.41) is 2.87. The van der Waals surface area contributed by atoms with Crippen molar-refractivity contribution >= 4 is 21.8 Å². The molecule has 0 aromatic heterocycles. The highest BCUT2D eigenvalue weighted by Crippen LogP contribution is 2.11. The van der Waals surface area contributed by atoms with Gasteiger partial charge in [0.15, 0.2) is 0 Å². The molecule has 1 amide bonds. The van der Waals surface area contributed by atoms with Crippen molar-refractivity contribution in [1.29, 1.82) is 0 Å². The number of halogens is 1. The Morgan fingerprint density at radius 3 is 2.79 bits per heavy atom. The molecule has 0 spiro atoms. The SMILES string of the molecule is CC(C)C(=O)NCc1cccc(Br)c1. The molecule has 0 saturated heterocycles. The van der Waals surface area contributed by atoms with Gasteiger partial charge in [0.2, 0.25) is 5.91 Å². The lowest BCUT2D eigenvalue weighted by Crippen LogP contribution is -2.27. The molecule has 3 heteroatoms. The van der Waals surface area contributed by atoms with Crippen molar-refractivity contribution in [3.05, 3.63) is 34.3 Å². The van der Waals surface area contributed by atoms with Gasteiger partial charge in [-0.15, -0.1) is 0 Å². The molecule has 1 aromatic rings. The van der Waals surface area contributed by atoms with Gasteiger partial charge >= 0.3 is 0 Å². The van der Waals surface area contributed by atoms with Gasteiger partial charge in [-0.2, -0.15) is 0 Å². The Morgan fingerprint density at radius 1 is 1.50 bits per heavy atom. The fourth-order valence-corrected chi connectivity index (χ4v) is 1.49. The van der Waals surface area contributed by atoms with Crippen LogP contribution in [0.2, 0.25) is 0 Å². The quantitative estimate of drug-likeness (QED) is 0.885. The van der Waals surface area contributed by atoms with Gasteiger partial charge in [-0.3, -0.25) is 4.79 Å². The Hall–Kier alpha value is -0.830. The van der Waals surface area contributed by atoms with E-state index < -0.39 is 0 Å². The van der Waals surface area contributed by atoms with E-state index in [1.54, 1.807) is 0 Å². The molecule has 0 heterocycles. The van der Waals surface area contributed by atoms with Crippen molar-refractivity contribution in [1.82, 2.24) is 5.32 Å². The first-order valence-electron chi connectivity index (χ1n) is 4.61. The lowest BCUT2D eigenvalue weighted by Gasteiger charge is -2.07. The summed E-state index contributed by atoms with van der Waals surface area (Å²) in [6.45, 7) is 4.36. The number of carbonyl (C=O) groups excluding carboxylic acids is 1. The molecule has 1 rings (SSSR count). The number of benzene rings is 1. The average Bonchev–Trinajstić information content (AvgIpc) is 2.14. The second-order valence-corrected chi connectivity index (χ2v) is 4.42. The van der Waals surface area contributed by atoms with Crippen LogP contribution in [0.1, 0.15) is 19.4 Å². The number of nitrogens with one attached hydrogen (secondary N) is 1. The summed E-state index contributed by atoms with van der Waals surface area (Å²) < 4.78 is 1.04. The largest absolute Gasteiger partial charge is 0.352 e. The Labute approximate surface area is 92.8 Å². The van der Waals surface area contributed by atoms with Crippen LogP contribution in [0, 0.1) is 5.92 Å². The second kappa shape index (κ2) is 5.15. The van der Waals surface area contributed by atoms with Crippen LogP contribution in [0.15, 0.2) is 28.7 Å². The fourth-order valence-electron chi connectivity index (χ4n) is 1.04. The maximum atomic E-state index is 11.3. The Morgan fingerprint density at radius 2 is 2.21 bits per heavy atom. The van der Waals surface area contributed by atoms with Crippen LogP contribution in [0.4, 0.5) is 0 Å². The zero-order valence-corrected chi connectivity index (χ0v) is 9.97. The maximum Gasteiger partial charge on any atom is 0.222 e. The average molecular weight is 256 g/mol. The first-order chi connectivity index (χ1) is 6.59. The minimum absolute atomic E-state index is 0.0437. The van der Waals surface area contributed by atoms with E-state index in [0.29, 0.717) is 6.54 Å². The van der Waals surface area contributed by atoms with Gasteiger partial charge in [0.25, 0.3) is 0 Å². The molecular weight excluding hydrogens is 242 g/mol. The highest BCUT2D eigenvalue weighted by atomic mass is 79.9. The molecule has 0 saturated carbocycles. The van der Waals surface area contributed by atoms with Gasteiger partial charge in [0.1, 0.15) is 0 Å². The molecule has 0 bridgehead atoms. The van der Waals surface area contributed by atoms with Crippen LogP contribution in [-0.4, -0.2) is 5.91 Å². The van der Waals surface area contributed by atoms with E-state index in [1.807, 2.05) is 38.1 Å². The van der Waals surface area contributed by atoms with E-state index in [4.69, 9.17) is 0 Å². The molecule has 2 nitrogen and oxygen atoms in total. The fraction of sp³-hybridized carbons (Fsp3) is 0.364. The first-order valence-corrected chi connectivity index (χ1v) is 5.41. The summed E-state index contributed by atoms with van der Waals surface area (Å²) >= 11 is 3.39. The van der Waals surface area contributed by atoms with Crippen LogP contribution in [0.5, 0.6) is 0 Å². The molecule has 0 atom stereocenters. The number of hydrogen-bond donors (Lipinski definition) is 1. The number of carbonyl (C=O) groups is 1. The smallest absolute Gasteiger partial charge is 0.222 e. The van der Waals surface area contributed by atoms with Crippen LogP contribution in [-0.2, 0) is 11.3 Å². The lowest BCUT2D eigenvalue weighted by molar-refractivity contribution is -0.124. The normalized spacial score (nSPS) is 10.3. The Bertz CT molecular complexity index is 323. The van der Waals surface area contributed by atoms with Crippen molar-refractivity contribution in [2.24, 2.45) is 5.92 Å². The minimum atomic E-state index is 0.0437. The Kier molecular flexibility index (Phi) is 4.14. The third-order valence-electron chi connectivity index (χ3n) is 1.88. The van der Waals surface area contributed by atoms with Crippen LogP contribution in [0.25, 0.3) is 0 Å². The van der Waals surface area contributed by atoms with Crippen molar-refractivity contribution in [3.63, 3.8) is 0 Å². The van der Waals surface area contributed by atoms with E-state index in [0.717, 1.165) is 10.0 Å². The third-order valence-corrected chi connectivity index (χ3v) is 2.37. The number of amides is 1. The molecule has 76 valence electrons. The van der Waals surface area contributed by atoms with Gasteiger partial charge in [-0.05, 0) is 17.7 Å². The van der Waals surface area contributed by atoms with Crippen molar-refractivity contribution in [3.8, 4) is 0 Å².